The van der Waals surface area contributed by atoms with Gasteiger partial charge in [-0.05, 0) is 32.4 Å². The lowest BCUT2D eigenvalue weighted by molar-refractivity contribution is 1.44. The summed E-state index contributed by atoms with van der Waals surface area (Å²) in [5.41, 5.74) is 3.58. The molecule has 1 rings (SSSR count). The van der Waals surface area contributed by atoms with Crippen molar-refractivity contribution < 1.29 is 0 Å². The highest BCUT2D eigenvalue weighted by Gasteiger charge is 1.95. The van der Waals surface area contributed by atoms with Gasteiger partial charge in [-0.3, -0.25) is 0 Å². The fourth-order valence-electron chi connectivity index (χ4n) is 1.25. The Hall–Kier alpha value is -1.48. The molecule has 0 fully saturated rings. The summed E-state index contributed by atoms with van der Waals surface area (Å²) in [4.78, 5) is 0. The van der Waals surface area contributed by atoms with E-state index in [0.717, 1.165) is 5.56 Å². The maximum atomic E-state index is 3.09. The molecule has 0 N–H and O–H groups in total. The SMILES string of the molecule is CC#Cc1ccc(C)cc1/C=C\C. The molecule has 0 aliphatic rings. The van der Waals surface area contributed by atoms with E-state index in [0.29, 0.717) is 0 Å². The lowest BCUT2D eigenvalue weighted by atomic mass is 10.0. The zero-order valence-corrected chi connectivity index (χ0v) is 8.39. The van der Waals surface area contributed by atoms with Crippen LogP contribution >= 0.6 is 0 Å². The van der Waals surface area contributed by atoms with Crippen LogP contribution in [-0.2, 0) is 0 Å². The molecule has 0 saturated heterocycles. The van der Waals surface area contributed by atoms with Crippen LogP contribution in [0.5, 0.6) is 0 Å². The molecule has 66 valence electrons. The van der Waals surface area contributed by atoms with Crippen molar-refractivity contribution in [3.8, 4) is 11.8 Å². The van der Waals surface area contributed by atoms with Crippen LogP contribution in [0.15, 0.2) is 24.3 Å². The standard InChI is InChI=1S/C13H14/c1-4-6-12-9-8-11(3)10-13(12)7-5-2/h5,7-10H,1-3H3/b7-5-. The van der Waals surface area contributed by atoms with Gasteiger partial charge in [0.1, 0.15) is 0 Å². The van der Waals surface area contributed by atoms with E-state index in [1.165, 1.54) is 11.1 Å². The summed E-state index contributed by atoms with van der Waals surface area (Å²) in [5, 5.41) is 0. The molecule has 0 unspecified atom stereocenters. The third kappa shape index (κ3) is 2.49. The molecular weight excluding hydrogens is 156 g/mol. The van der Waals surface area contributed by atoms with Crippen molar-refractivity contribution in [2.75, 3.05) is 0 Å². The Labute approximate surface area is 80.3 Å². The van der Waals surface area contributed by atoms with Crippen molar-refractivity contribution in [2.45, 2.75) is 20.8 Å². The first-order valence-corrected chi connectivity index (χ1v) is 4.44. The Bertz CT molecular complexity index is 373. The second-order valence-electron chi connectivity index (χ2n) is 2.97. The summed E-state index contributed by atoms with van der Waals surface area (Å²) in [6.45, 7) is 5.97. The number of hydrogen-bond acceptors (Lipinski definition) is 0. The van der Waals surface area contributed by atoms with Gasteiger partial charge in [-0.15, -0.1) is 5.92 Å². The zero-order valence-electron chi connectivity index (χ0n) is 8.39. The van der Waals surface area contributed by atoms with E-state index >= 15 is 0 Å². The van der Waals surface area contributed by atoms with Crippen molar-refractivity contribution in [3.05, 3.63) is 41.0 Å². The summed E-state index contributed by atoms with van der Waals surface area (Å²) in [5.74, 6) is 6.01. The highest BCUT2D eigenvalue weighted by Crippen LogP contribution is 2.12. The first-order valence-electron chi connectivity index (χ1n) is 4.44. The van der Waals surface area contributed by atoms with Gasteiger partial charge in [-0.2, -0.15) is 0 Å². The molecule has 0 bridgehead atoms. The van der Waals surface area contributed by atoms with E-state index in [1.54, 1.807) is 0 Å². The lowest BCUT2D eigenvalue weighted by Crippen LogP contribution is -1.83. The molecule has 1 aromatic carbocycles. The van der Waals surface area contributed by atoms with E-state index in [-0.39, 0.29) is 0 Å². The second-order valence-corrected chi connectivity index (χ2v) is 2.97. The Morgan fingerprint density at radius 1 is 1.31 bits per heavy atom. The fraction of sp³-hybridized carbons (Fsp3) is 0.231. The molecule has 0 heteroatoms. The predicted molar refractivity (Wildman–Crippen MR) is 58.4 cm³/mol. The molecule has 13 heavy (non-hydrogen) atoms. The molecular formula is C13H14. The average Bonchev–Trinajstić information content (AvgIpc) is 2.10. The molecule has 0 atom stereocenters. The minimum Gasteiger partial charge on any atom is -0.101 e. The lowest BCUT2D eigenvalue weighted by Gasteiger charge is -2.00. The van der Waals surface area contributed by atoms with Crippen LogP contribution < -0.4 is 0 Å². The Morgan fingerprint density at radius 2 is 2.08 bits per heavy atom. The van der Waals surface area contributed by atoms with E-state index < -0.39 is 0 Å². The first kappa shape index (κ1) is 9.61. The van der Waals surface area contributed by atoms with Crippen LogP contribution in [-0.4, -0.2) is 0 Å². The smallest absolute Gasteiger partial charge is 0.0317 e. The van der Waals surface area contributed by atoms with Crippen molar-refractivity contribution in [2.24, 2.45) is 0 Å². The van der Waals surface area contributed by atoms with Gasteiger partial charge >= 0.3 is 0 Å². The topological polar surface area (TPSA) is 0 Å². The maximum absolute atomic E-state index is 3.09. The van der Waals surface area contributed by atoms with Crippen LogP contribution in [0.2, 0.25) is 0 Å². The molecule has 0 aromatic heterocycles. The van der Waals surface area contributed by atoms with Gasteiger partial charge in [0.2, 0.25) is 0 Å². The highest BCUT2D eigenvalue weighted by atomic mass is 14.0. The summed E-state index contributed by atoms with van der Waals surface area (Å²) in [6, 6.07) is 6.31. The fourth-order valence-corrected chi connectivity index (χ4v) is 1.25. The van der Waals surface area contributed by atoms with Crippen molar-refractivity contribution in [1.82, 2.24) is 0 Å². The molecule has 0 aliphatic heterocycles. The maximum Gasteiger partial charge on any atom is 0.0317 e. The second kappa shape index (κ2) is 4.52. The zero-order chi connectivity index (χ0) is 9.68. The van der Waals surface area contributed by atoms with Gasteiger partial charge < -0.3 is 0 Å². The van der Waals surface area contributed by atoms with Crippen molar-refractivity contribution >= 4 is 6.08 Å². The van der Waals surface area contributed by atoms with Crippen LogP contribution in [0.3, 0.4) is 0 Å². The summed E-state index contributed by atoms with van der Waals surface area (Å²) in [7, 11) is 0. The molecule has 0 spiro atoms. The number of allylic oxidation sites excluding steroid dienone is 1. The molecule has 0 heterocycles. The number of rotatable bonds is 1. The number of aryl methyl sites for hydroxylation is 1. The van der Waals surface area contributed by atoms with Gasteiger partial charge in [-0.25, -0.2) is 0 Å². The van der Waals surface area contributed by atoms with E-state index in [2.05, 4.69) is 43.0 Å². The quantitative estimate of drug-likeness (QED) is 0.567. The van der Waals surface area contributed by atoms with E-state index in [9.17, 15) is 0 Å². The number of hydrogen-bond donors (Lipinski definition) is 0. The monoisotopic (exact) mass is 170 g/mol. The summed E-state index contributed by atoms with van der Waals surface area (Å²) >= 11 is 0. The Kier molecular flexibility index (Phi) is 3.34. The summed E-state index contributed by atoms with van der Waals surface area (Å²) in [6.07, 6.45) is 4.13. The molecule has 0 radical (unpaired) electrons. The molecule has 0 aliphatic carbocycles. The van der Waals surface area contributed by atoms with Gasteiger partial charge in [-0.1, -0.05) is 35.8 Å². The third-order valence-electron chi connectivity index (χ3n) is 1.81. The molecule has 0 nitrogen and oxygen atoms in total. The van der Waals surface area contributed by atoms with E-state index in [1.807, 2.05) is 19.9 Å². The first-order chi connectivity index (χ1) is 6.27. The molecule has 0 saturated carbocycles. The van der Waals surface area contributed by atoms with Gasteiger partial charge in [0.15, 0.2) is 0 Å². The van der Waals surface area contributed by atoms with Crippen LogP contribution in [0.4, 0.5) is 0 Å². The van der Waals surface area contributed by atoms with E-state index in [4.69, 9.17) is 0 Å². The van der Waals surface area contributed by atoms with Crippen LogP contribution in [0.1, 0.15) is 30.5 Å². The van der Waals surface area contributed by atoms with Gasteiger partial charge in [0.05, 0.1) is 0 Å². The third-order valence-corrected chi connectivity index (χ3v) is 1.81. The van der Waals surface area contributed by atoms with Gasteiger partial charge in [0, 0.05) is 5.56 Å². The van der Waals surface area contributed by atoms with Gasteiger partial charge in [0.25, 0.3) is 0 Å². The summed E-state index contributed by atoms with van der Waals surface area (Å²) < 4.78 is 0. The largest absolute Gasteiger partial charge is 0.101 e. The predicted octanol–water partition coefficient (Wildman–Crippen LogP) is 3.40. The molecule has 1 aromatic rings. The van der Waals surface area contributed by atoms with Crippen molar-refractivity contribution in [1.29, 1.82) is 0 Å². The number of benzene rings is 1. The van der Waals surface area contributed by atoms with Crippen molar-refractivity contribution in [3.63, 3.8) is 0 Å². The normalized spacial score (nSPS) is 9.77. The highest BCUT2D eigenvalue weighted by molar-refractivity contribution is 5.59. The molecule has 0 amide bonds. The van der Waals surface area contributed by atoms with Crippen LogP contribution in [0.25, 0.3) is 6.08 Å². The average molecular weight is 170 g/mol. The minimum atomic E-state index is 1.10. The van der Waals surface area contributed by atoms with Crippen LogP contribution in [0, 0.1) is 18.8 Å². The Balaban J connectivity index is 3.23. The minimum absolute atomic E-state index is 1.10. The Morgan fingerprint density at radius 3 is 2.69 bits per heavy atom.